The molecule has 234 valence electrons. The number of halogens is 6. The standard InChI is InChI=1S/C27H24Cl3F3N6O5/c1-12(2)22(34)26(41)42-11-39-9-14(3-4-21(39)40)43-20-7-16(28)15(6-17(20)29)23-36-25(44-37-23)19-10-38-8-13(27(31,32)33)5-18(30)24(38)35-19/h5-8,10,12,14,22H,3-4,9,11,34H2,1-2H3/t14-,22?/m1/s1. The van der Waals surface area contributed by atoms with E-state index in [4.69, 9.17) is 54.5 Å². The molecule has 11 nitrogen and oxygen atoms in total. The fourth-order valence-electron chi connectivity index (χ4n) is 4.33. The number of amides is 1. The van der Waals surface area contributed by atoms with E-state index >= 15 is 0 Å². The van der Waals surface area contributed by atoms with Crippen LogP contribution in [0, 0.1) is 5.92 Å². The molecule has 2 N–H and O–H groups in total. The van der Waals surface area contributed by atoms with Gasteiger partial charge in [0.25, 0.3) is 5.89 Å². The van der Waals surface area contributed by atoms with Crippen molar-refractivity contribution < 1.29 is 36.8 Å². The maximum absolute atomic E-state index is 13.2. The average molecular weight is 676 g/mol. The summed E-state index contributed by atoms with van der Waals surface area (Å²) in [4.78, 5) is 34.3. The van der Waals surface area contributed by atoms with Crippen molar-refractivity contribution in [2.75, 3.05) is 13.3 Å². The Bertz CT molecular complexity index is 1730. The fourth-order valence-corrected chi connectivity index (χ4v) is 5.04. The van der Waals surface area contributed by atoms with Crippen LogP contribution in [0.5, 0.6) is 5.75 Å². The number of fused-ring (bicyclic) bond motifs is 1. The number of nitrogens with two attached hydrogens (primary N) is 1. The molecule has 44 heavy (non-hydrogen) atoms. The van der Waals surface area contributed by atoms with Gasteiger partial charge in [0.2, 0.25) is 11.7 Å². The molecule has 4 heterocycles. The quantitative estimate of drug-likeness (QED) is 0.227. The normalized spacial score (nSPS) is 16.5. The number of ether oxygens (including phenoxy) is 2. The Hall–Kier alpha value is -3.59. The molecular weight excluding hydrogens is 652 g/mol. The van der Waals surface area contributed by atoms with Crippen molar-refractivity contribution in [2.24, 2.45) is 11.7 Å². The summed E-state index contributed by atoms with van der Waals surface area (Å²) in [5, 5.41) is 4.02. The first kappa shape index (κ1) is 31.8. The van der Waals surface area contributed by atoms with E-state index in [1.807, 2.05) is 0 Å². The number of carbonyl (C=O) groups is 2. The number of rotatable bonds is 8. The lowest BCUT2D eigenvalue weighted by atomic mass is 10.1. The Morgan fingerprint density at radius 1 is 1.14 bits per heavy atom. The van der Waals surface area contributed by atoms with Crippen molar-refractivity contribution >= 4 is 52.3 Å². The number of benzene rings is 1. The summed E-state index contributed by atoms with van der Waals surface area (Å²) in [5.74, 6) is -0.748. The van der Waals surface area contributed by atoms with E-state index in [-0.39, 0.29) is 81.0 Å². The van der Waals surface area contributed by atoms with E-state index < -0.39 is 29.9 Å². The number of aromatic nitrogens is 4. The maximum Gasteiger partial charge on any atom is 0.417 e. The maximum atomic E-state index is 13.2. The molecule has 4 aromatic rings. The third kappa shape index (κ3) is 6.72. The highest BCUT2D eigenvalue weighted by Gasteiger charge is 2.32. The Morgan fingerprint density at radius 3 is 2.59 bits per heavy atom. The van der Waals surface area contributed by atoms with Crippen LogP contribution in [-0.4, -0.2) is 61.7 Å². The monoisotopic (exact) mass is 674 g/mol. The second-order valence-electron chi connectivity index (χ2n) is 10.4. The minimum absolute atomic E-state index is 0.0356. The number of nitrogens with zero attached hydrogens (tertiary/aromatic N) is 5. The minimum Gasteiger partial charge on any atom is -0.487 e. The van der Waals surface area contributed by atoms with Crippen LogP contribution in [0.3, 0.4) is 0 Å². The topological polar surface area (TPSA) is 138 Å². The van der Waals surface area contributed by atoms with E-state index in [1.165, 1.54) is 23.2 Å². The largest absolute Gasteiger partial charge is 0.487 e. The molecule has 5 rings (SSSR count). The van der Waals surface area contributed by atoms with Crippen LogP contribution in [0.1, 0.15) is 32.3 Å². The molecule has 1 amide bonds. The zero-order valence-corrected chi connectivity index (χ0v) is 25.3. The summed E-state index contributed by atoms with van der Waals surface area (Å²) in [6, 6.07) is 2.90. The summed E-state index contributed by atoms with van der Waals surface area (Å²) in [6.07, 6.45) is -2.39. The SMILES string of the molecule is CC(C)C(N)C(=O)OCN1C[C@H](Oc2cc(Cl)c(-c3noc(-c4cn5cc(C(F)(F)F)cc(Cl)c5n4)n3)cc2Cl)CCC1=O. The molecule has 1 aliphatic rings. The second kappa shape index (κ2) is 12.4. The molecule has 0 spiro atoms. The first-order valence-electron chi connectivity index (χ1n) is 13.2. The predicted molar refractivity (Wildman–Crippen MR) is 153 cm³/mol. The van der Waals surface area contributed by atoms with Gasteiger partial charge in [-0.1, -0.05) is 53.8 Å². The van der Waals surface area contributed by atoms with Crippen LogP contribution in [0.15, 0.2) is 35.1 Å². The van der Waals surface area contributed by atoms with E-state index in [0.29, 0.717) is 6.42 Å². The molecule has 0 aliphatic carbocycles. The van der Waals surface area contributed by atoms with Gasteiger partial charge in [0.15, 0.2) is 12.4 Å². The number of hydrogen-bond donors (Lipinski definition) is 1. The van der Waals surface area contributed by atoms with Crippen molar-refractivity contribution in [3.63, 3.8) is 0 Å². The van der Waals surface area contributed by atoms with Crippen molar-refractivity contribution in [3.05, 3.63) is 51.2 Å². The summed E-state index contributed by atoms with van der Waals surface area (Å²) < 4.78 is 57.2. The van der Waals surface area contributed by atoms with Gasteiger partial charge in [0.05, 0.1) is 27.2 Å². The Balaban J connectivity index is 1.30. The highest BCUT2D eigenvalue weighted by molar-refractivity contribution is 6.36. The van der Waals surface area contributed by atoms with Gasteiger partial charge >= 0.3 is 12.1 Å². The van der Waals surface area contributed by atoms with Crippen LogP contribution in [-0.2, 0) is 20.5 Å². The zero-order valence-electron chi connectivity index (χ0n) is 23.1. The lowest BCUT2D eigenvalue weighted by Gasteiger charge is -2.32. The van der Waals surface area contributed by atoms with Crippen molar-refractivity contribution in [3.8, 4) is 28.7 Å². The average Bonchev–Trinajstić information content (AvgIpc) is 3.62. The first-order valence-corrected chi connectivity index (χ1v) is 14.3. The molecule has 1 fully saturated rings. The van der Waals surface area contributed by atoms with E-state index in [2.05, 4.69) is 15.1 Å². The highest BCUT2D eigenvalue weighted by Crippen LogP contribution is 2.38. The van der Waals surface area contributed by atoms with Gasteiger partial charge in [-0.2, -0.15) is 18.2 Å². The Labute approximate surface area is 262 Å². The molecule has 0 saturated carbocycles. The number of esters is 1. The molecule has 1 unspecified atom stereocenters. The highest BCUT2D eigenvalue weighted by atomic mass is 35.5. The second-order valence-corrected chi connectivity index (χ2v) is 11.6. The number of hydrogen-bond acceptors (Lipinski definition) is 9. The van der Waals surface area contributed by atoms with Gasteiger partial charge in [0.1, 0.15) is 23.6 Å². The van der Waals surface area contributed by atoms with Crippen LogP contribution >= 0.6 is 34.8 Å². The van der Waals surface area contributed by atoms with E-state index in [9.17, 15) is 22.8 Å². The van der Waals surface area contributed by atoms with E-state index in [0.717, 1.165) is 16.7 Å². The van der Waals surface area contributed by atoms with Crippen LogP contribution in [0.2, 0.25) is 15.1 Å². The lowest BCUT2D eigenvalue weighted by molar-refractivity contribution is -0.158. The molecule has 0 radical (unpaired) electrons. The number of piperidine rings is 1. The fraction of sp³-hybridized carbons (Fsp3) is 0.370. The van der Waals surface area contributed by atoms with Gasteiger partial charge in [0, 0.05) is 30.4 Å². The van der Waals surface area contributed by atoms with Crippen molar-refractivity contribution in [2.45, 2.75) is 45.0 Å². The molecule has 1 aromatic carbocycles. The van der Waals surface area contributed by atoms with Gasteiger partial charge < -0.3 is 29.0 Å². The summed E-state index contributed by atoms with van der Waals surface area (Å²) in [5.41, 5.74) is 5.30. The summed E-state index contributed by atoms with van der Waals surface area (Å²) in [7, 11) is 0. The van der Waals surface area contributed by atoms with Crippen LogP contribution < -0.4 is 10.5 Å². The lowest BCUT2D eigenvalue weighted by Crippen LogP contribution is -2.47. The number of imidazole rings is 1. The molecule has 1 aliphatic heterocycles. The summed E-state index contributed by atoms with van der Waals surface area (Å²) >= 11 is 19.0. The third-order valence-electron chi connectivity index (χ3n) is 6.84. The van der Waals surface area contributed by atoms with Gasteiger partial charge in [-0.3, -0.25) is 9.59 Å². The Kier molecular flexibility index (Phi) is 8.99. The van der Waals surface area contributed by atoms with Crippen LogP contribution in [0.4, 0.5) is 13.2 Å². The molecule has 17 heteroatoms. The van der Waals surface area contributed by atoms with Crippen molar-refractivity contribution in [1.29, 1.82) is 0 Å². The minimum atomic E-state index is -4.60. The number of alkyl halides is 3. The number of pyridine rings is 1. The molecule has 2 atom stereocenters. The van der Waals surface area contributed by atoms with E-state index in [1.54, 1.807) is 13.8 Å². The van der Waals surface area contributed by atoms with Crippen molar-refractivity contribution in [1.82, 2.24) is 24.4 Å². The molecule has 0 bridgehead atoms. The Morgan fingerprint density at radius 2 is 1.89 bits per heavy atom. The van der Waals surface area contributed by atoms with Crippen LogP contribution in [0.25, 0.3) is 28.6 Å². The molecule has 1 saturated heterocycles. The predicted octanol–water partition coefficient (Wildman–Crippen LogP) is 5.88. The van der Waals surface area contributed by atoms with Gasteiger partial charge in [-0.25, -0.2) is 4.98 Å². The van der Waals surface area contributed by atoms with Gasteiger partial charge in [-0.05, 0) is 24.5 Å². The molecular formula is C27H24Cl3F3N6O5. The van der Waals surface area contributed by atoms with Gasteiger partial charge in [-0.15, -0.1) is 0 Å². The first-order chi connectivity index (χ1) is 20.7. The number of likely N-dealkylation sites (tertiary alicyclic amines) is 1. The number of carbonyl (C=O) groups excluding carboxylic acids is 2. The zero-order chi connectivity index (χ0) is 31.9. The third-order valence-corrected chi connectivity index (χ3v) is 7.73. The molecule has 3 aromatic heterocycles. The smallest absolute Gasteiger partial charge is 0.417 e. The summed E-state index contributed by atoms with van der Waals surface area (Å²) in [6.45, 7) is 3.46.